The molecule has 4 rings (SSSR count). The summed E-state index contributed by atoms with van der Waals surface area (Å²) in [5.74, 6) is -1.84. The Labute approximate surface area is 201 Å². The minimum Gasteiger partial charge on any atom is -0.457 e. The molecule has 0 spiro atoms. The van der Waals surface area contributed by atoms with Crippen molar-refractivity contribution in [1.82, 2.24) is 0 Å². The lowest BCUT2D eigenvalue weighted by molar-refractivity contribution is -0.114. The Bertz CT molecular complexity index is 1420. The van der Waals surface area contributed by atoms with Gasteiger partial charge in [-0.25, -0.2) is 17.2 Å². The Kier molecular flexibility index (Phi) is 7.07. The van der Waals surface area contributed by atoms with Crippen LogP contribution in [0.4, 0.5) is 20.2 Å². The summed E-state index contributed by atoms with van der Waals surface area (Å²) in [7, 11) is -4.13. The number of hydrogen-bond acceptors (Lipinski definition) is 4. The monoisotopic (exact) mass is 494 g/mol. The minimum atomic E-state index is -4.13. The largest absolute Gasteiger partial charge is 0.457 e. The minimum absolute atomic E-state index is 0.00225. The molecule has 0 aliphatic rings. The molecule has 0 aliphatic carbocycles. The van der Waals surface area contributed by atoms with Crippen LogP contribution in [0.3, 0.4) is 0 Å². The number of carbonyl (C=O) groups is 1. The zero-order valence-electron chi connectivity index (χ0n) is 18.3. The number of halogens is 2. The molecule has 9 heteroatoms. The summed E-state index contributed by atoms with van der Waals surface area (Å²) in [6, 6.07) is 25.8. The molecule has 6 nitrogen and oxygen atoms in total. The van der Waals surface area contributed by atoms with Crippen LogP contribution in [0.1, 0.15) is 0 Å². The molecule has 4 aromatic carbocycles. The number of benzene rings is 4. The number of hydrogen-bond donors (Lipinski definition) is 1. The van der Waals surface area contributed by atoms with E-state index >= 15 is 0 Å². The van der Waals surface area contributed by atoms with Crippen molar-refractivity contribution in [2.75, 3.05) is 16.2 Å². The van der Waals surface area contributed by atoms with Crippen LogP contribution in [0.5, 0.6) is 11.5 Å². The van der Waals surface area contributed by atoms with Crippen molar-refractivity contribution in [3.05, 3.63) is 115 Å². The number of para-hydroxylation sites is 1. The number of ether oxygens (including phenoxy) is 1. The lowest BCUT2D eigenvalue weighted by Crippen LogP contribution is -2.38. The van der Waals surface area contributed by atoms with Crippen molar-refractivity contribution in [2.24, 2.45) is 0 Å². The summed E-state index contributed by atoms with van der Waals surface area (Å²) in [6.07, 6.45) is 0. The third-order valence-electron chi connectivity index (χ3n) is 4.93. The first-order valence-corrected chi connectivity index (χ1v) is 11.9. The van der Waals surface area contributed by atoms with Crippen molar-refractivity contribution in [1.29, 1.82) is 0 Å². The zero-order chi connectivity index (χ0) is 24.8. The number of nitrogens with one attached hydrogen (secondary N) is 1. The molecule has 1 N–H and O–H groups in total. The average molecular weight is 495 g/mol. The van der Waals surface area contributed by atoms with E-state index in [9.17, 15) is 22.0 Å². The highest BCUT2D eigenvalue weighted by Crippen LogP contribution is 2.28. The predicted molar refractivity (Wildman–Crippen MR) is 129 cm³/mol. The van der Waals surface area contributed by atoms with E-state index in [1.807, 2.05) is 18.2 Å². The number of amides is 1. The van der Waals surface area contributed by atoms with Gasteiger partial charge >= 0.3 is 0 Å². The van der Waals surface area contributed by atoms with Crippen LogP contribution in [0.2, 0.25) is 0 Å². The smallest absolute Gasteiger partial charge is 0.264 e. The van der Waals surface area contributed by atoms with E-state index in [0.29, 0.717) is 11.5 Å². The molecule has 178 valence electrons. The molecule has 4 aromatic rings. The Hall–Kier alpha value is -4.24. The van der Waals surface area contributed by atoms with Crippen molar-refractivity contribution in [2.45, 2.75) is 4.90 Å². The molecule has 35 heavy (non-hydrogen) atoms. The second-order valence-corrected chi connectivity index (χ2v) is 9.27. The molecule has 0 saturated carbocycles. The molecular formula is C26H20F2N2O4S. The van der Waals surface area contributed by atoms with E-state index in [0.717, 1.165) is 16.4 Å². The fourth-order valence-corrected chi connectivity index (χ4v) is 4.69. The number of rotatable bonds is 8. The SMILES string of the molecule is O=C(CN(c1ccc(Oc2ccccc2)cc1)S(=O)(=O)c1ccccc1)Nc1ccc(F)c(F)c1. The van der Waals surface area contributed by atoms with Gasteiger partial charge in [0.05, 0.1) is 10.6 Å². The van der Waals surface area contributed by atoms with Gasteiger partial charge in [0.25, 0.3) is 10.0 Å². The van der Waals surface area contributed by atoms with Gasteiger partial charge in [-0.3, -0.25) is 9.10 Å². The van der Waals surface area contributed by atoms with Gasteiger partial charge in [0.1, 0.15) is 18.0 Å². The van der Waals surface area contributed by atoms with E-state index in [1.165, 1.54) is 30.3 Å². The van der Waals surface area contributed by atoms with E-state index in [2.05, 4.69) is 5.32 Å². The summed E-state index contributed by atoms with van der Waals surface area (Å²) in [5.41, 5.74) is 0.215. The molecule has 0 aromatic heterocycles. The molecule has 0 heterocycles. The van der Waals surface area contributed by atoms with Gasteiger partial charge in [-0.1, -0.05) is 36.4 Å². The van der Waals surface area contributed by atoms with Gasteiger partial charge in [-0.2, -0.15) is 0 Å². The van der Waals surface area contributed by atoms with E-state index in [4.69, 9.17) is 4.74 Å². The van der Waals surface area contributed by atoms with Gasteiger partial charge < -0.3 is 10.1 Å². The Morgan fingerprint density at radius 1 is 0.771 bits per heavy atom. The molecule has 0 fully saturated rings. The maximum atomic E-state index is 13.5. The van der Waals surface area contributed by atoms with Crippen molar-refractivity contribution in [3.63, 3.8) is 0 Å². The van der Waals surface area contributed by atoms with Crippen molar-refractivity contribution < 1.29 is 26.7 Å². The fourth-order valence-electron chi connectivity index (χ4n) is 3.24. The van der Waals surface area contributed by atoms with Crippen LogP contribution in [-0.2, 0) is 14.8 Å². The van der Waals surface area contributed by atoms with Gasteiger partial charge in [-0.05, 0) is 60.7 Å². The molecule has 0 aliphatic heterocycles. The normalized spacial score (nSPS) is 11.0. The summed E-state index contributed by atoms with van der Waals surface area (Å²) in [5, 5.41) is 2.40. The van der Waals surface area contributed by atoms with Crippen LogP contribution >= 0.6 is 0 Å². The summed E-state index contributed by atoms with van der Waals surface area (Å²) < 4.78 is 60.2. The molecule has 0 atom stereocenters. The van der Waals surface area contributed by atoms with Crippen molar-refractivity contribution in [3.8, 4) is 11.5 Å². The second kappa shape index (κ2) is 10.4. The average Bonchev–Trinajstić information content (AvgIpc) is 2.86. The molecular weight excluding hydrogens is 474 g/mol. The van der Waals surface area contributed by atoms with E-state index in [-0.39, 0.29) is 16.3 Å². The Balaban J connectivity index is 1.61. The summed E-state index contributed by atoms with van der Waals surface area (Å²) >= 11 is 0. The molecule has 0 saturated heterocycles. The number of carbonyl (C=O) groups excluding carboxylic acids is 1. The lowest BCUT2D eigenvalue weighted by atomic mass is 10.3. The third kappa shape index (κ3) is 5.82. The van der Waals surface area contributed by atoms with E-state index in [1.54, 1.807) is 42.5 Å². The second-order valence-electron chi connectivity index (χ2n) is 7.41. The lowest BCUT2D eigenvalue weighted by Gasteiger charge is -2.24. The fraction of sp³-hybridized carbons (Fsp3) is 0.0385. The van der Waals surface area contributed by atoms with Crippen LogP contribution in [0, 0.1) is 11.6 Å². The van der Waals surface area contributed by atoms with Crippen LogP contribution in [0.15, 0.2) is 108 Å². The van der Waals surface area contributed by atoms with Crippen molar-refractivity contribution >= 4 is 27.3 Å². The maximum absolute atomic E-state index is 13.5. The first-order valence-electron chi connectivity index (χ1n) is 10.5. The first kappa shape index (κ1) is 23.9. The van der Waals surface area contributed by atoms with Gasteiger partial charge in [0.15, 0.2) is 11.6 Å². The number of sulfonamides is 1. The van der Waals surface area contributed by atoms with Crippen LogP contribution in [-0.4, -0.2) is 20.9 Å². The zero-order valence-corrected chi connectivity index (χ0v) is 19.1. The Morgan fingerprint density at radius 2 is 1.37 bits per heavy atom. The number of nitrogens with zero attached hydrogens (tertiary/aromatic N) is 1. The quantitative estimate of drug-likeness (QED) is 0.346. The van der Waals surface area contributed by atoms with Crippen LogP contribution < -0.4 is 14.4 Å². The Morgan fingerprint density at radius 3 is 2.00 bits per heavy atom. The summed E-state index contributed by atoms with van der Waals surface area (Å²) in [4.78, 5) is 12.7. The first-order chi connectivity index (χ1) is 16.8. The topological polar surface area (TPSA) is 75.7 Å². The van der Waals surface area contributed by atoms with E-state index < -0.39 is 34.1 Å². The van der Waals surface area contributed by atoms with Gasteiger partial charge in [0, 0.05) is 11.8 Å². The standard InChI is InChI=1S/C26H20F2N2O4S/c27-24-16-11-19(17-25(24)28)29-26(31)18-30(35(32,33)23-9-5-2-6-10-23)20-12-14-22(15-13-20)34-21-7-3-1-4-8-21/h1-17H,18H2,(H,29,31). The van der Waals surface area contributed by atoms with Crippen LogP contribution in [0.25, 0.3) is 0 Å². The highest BCUT2D eigenvalue weighted by atomic mass is 32.2. The maximum Gasteiger partial charge on any atom is 0.264 e. The molecule has 0 bridgehead atoms. The summed E-state index contributed by atoms with van der Waals surface area (Å²) in [6.45, 7) is -0.602. The molecule has 0 unspecified atom stereocenters. The highest BCUT2D eigenvalue weighted by molar-refractivity contribution is 7.92. The highest BCUT2D eigenvalue weighted by Gasteiger charge is 2.27. The number of anilines is 2. The molecule has 0 radical (unpaired) electrons. The third-order valence-corrected chi connectivity index (χ3v) is 6.71. The van der Waals surface area contributed by atoms with Gasteiger partial charge in [0.2, 0.25) is 5.91 Å². The predicted octanol–water partition coefficient (Wildman–Crippen LogP) is 5.59. The van der Waals surface area contributed by atoms with Gasteiger partial charge in [-0.15, -0.1) is 0 Å². The molecule has 1 amide bonds.